The highest BCUT2D eigenvalue weighted by atomic mass is 16.7. The van der Waals surface area contributed by atoms with E-state index in [0.29, 0.717) is 0 Å². The van der Waals surface area contributed by atoms with Crippen molar-refractivity contribution in [3.8, 4) is 0 Å². The molecule has 0 atom stereocenters. The number of anilines is 1. The summed E-state index contributed by atoms with van der Waals surface area (Å²) in [6.45, 7) is 17.8. The fourth-order valence-electron chi connectivity index (χ4n) is 3.34. The van der Waals surface area contributed by atoms with Gasteiger partial charge in [-0.15, -0.1) is 0 Å². The molecule has 0 aliphatic heterocycles. The quantitative estimate of drug-likeness (QED) is 0.127. The van der Waals surface area contributed by atoms with E-state index in [-0.39, 0.29) is 6.54 Å². The number of aromatic nitrogens is 3. The van der Waals surface area contributed by atoms with Gasteiger partial charge in [0.25, 0.3) is 0 Å². The molecule has 0 fully saturated rings. The molecule has 18 nitrogen and oxygen atoms in total. The van der Waals surface area contributed by atoms with Crippen molar-refractivity contribution in [1.82, 2.24) is 15.0 Å². The molecule has 1 N–H and O–H groups in total. The summed E-state index contributed by atoms with van der Waals surface area (Å²) in [7, 11) is 0. The Bertz CT molecular complexity index is 1200. The normalized spacial score (nSPS) is 12.9. The first-order valence-electron chi connectivity index (χ1n) is 13.8. The zero-order chi connectivity index (χ0) is 35.6. The molecule has 0 amide bonds. The summed E-state index contributed by atoms with van der Waals surface area (Å²) in [5, 5.41) is 28.2. The lowest BCUT2D eigenvalue weighted by Crippen LogP contribution is -2.58. The SMILES string of the molecule is CCNc1nc(C(C(=O)OC(C)(C)C)(C(=O)OC(C)(C)C)[N+](=O)[O-])nc(C(C(=O)OC(C)(C)C)(C(=O)OC(C)(C)C)[N+](=O)[O-])n1. The Morgan fingerprint density at radius 3 is 1.00 bits per heavy atom. The zero-order valence-electron chi connectivity index (χ0n) is 27.8. The van der Waals surface area contributed by atoms with Gasteiger partial charge in [-0.1, -0.05) is 0 Å². The number of nitrogens with one attached hydrogen (secondary N) is 1. The molecule has 252 valence electrons. The predicted molar refractivity (Wildman–Crippen MR) is 155 cm³/mol. The zero-order valence-corrected chi connectivity index (χ0v) is 27.8. The Balaban J connectivity index is 4.54. The summed E-state index contributed by atoms with van der Waals surface area (Å²) in [6.07, 6.45) is 0. The van der Waals surface area contributed by atoms with Gasteiger partial charge in [0.2, 0.25) is 17.6 Å². The largest absolute Gasteiger partial charge is 0.468 e. The van der Waals surface area contributed by atoms with Gasteiger partial charge < -0.3 is 24.3 Å². The van der Waals surface area contributed by atoms with Crippen LogP contribution in [0.25, 0.3) is 0 Å². The van der Waals surface area contributed by atoms with Gasteiger partial charge in [-0.05, 0) is 90.0 Å². The van der Waals surface area contributed by atoms with E-state index >= 15 is 0 Å². The van der Waals surface area contributed by atoms with Crippen molar-refractivity contribution in [2.75, 3.05) is 11.9 Å². The number of rotatable bonds is 10. The summed E-state index contributed by atoms with van der Waals surface area (Å²) >= 11 is 0. The van der Waals surface area contributed by atoms with Gasteiger partial charge in [0.05, 0.1) is 9.85 Å². The average molecular weight is 643 g/mol. The first-order chi connectivity index (χ1) is 20.0. The highest BCUT2D eigenvalue weighted by Gasteiger charge is 2.71. The number of hydrogen-bond acceptors (Lipinski definition) is 16. The number of nitrogens with zero attached hydrogens (tertiary/aromatic N) is 5. The van der Waals surface area contributed by atoms with Crippen LogP contribution in [0.3, 0.4) is 0 Å². The second-order valence-electron chi connectivity index (χ2n) is 13.8. The highest BCUT2D eigenvalue weighted by Crippen LogP contribution is 2.35. The average Bonchev–Trinajstić information content (AvgIpc) is 2.74. The van der Waals surface area contributed by atoms with E-state index in [1.165, 1.54) is 90.0 Å². The second kappa shape index (κ2) is 12.8. The van der Waals surface area contributed by atoms with Crippen LogP contribution in [0.5, 0.6) is 0 Å². The molecule has 18 heteroatoms. The van der Waals surface area contributed by atoms with Crippen LogP contribution in [-0.4, -0.2) is 77.6 Å². The fourth-order valence-corrected chi connectivity index (χ4v) is 3.34. The molecule has 0 saturated heterocycles. The second-order valence-corrected chi connectivity index (χ2v) is 13.8. The molecular weight excluding hydrogens is 600 g/mol. The van der Waals surface area contributed by atoms with Crippen LogP contribution in [0.1, 0.15) is 102 Å². The molecule has 0 bridgehead atoms. The summed E-state index contributed by atoms with van der Waals surface area (Å²) in [4.78, 5) is 89.0. The number of hydrogen-bond donors (Lipinski definition) is 1. The molecule has 1 aromatic rings. The third-order valence-corrected chi connectivity index (χ3v) is 4.94. The van der Waals surface area contributed by atoms with Gasteiger partial charge in [-0.3, -0.25) is 20.2 Å². The van der Waals surface area contributed by atoms with Gasteiger partial charge in [0.1, 0.15) is 22.4 Å². The monoisotopic (exact) mass is 642 g/mol. The highest BCUT2D eigenvalue weighted by molar-refractivity contribution is 6.05. The number of nitro groups is 2. The van der Waals surface area contributed by atoms with Crippen LogP contribution in [0.4, 0.5) is 5.95 Å². The van der Waals surface area contributed by atoms with Crippen molar-refractivity contribution in [2.45, 2.75) is 123 Å². The van der Waals surface area contributed by atoms with E-state index in [2.05, 4.69) is 20.3 Å². The summed E-state index contributed by atoms with van der Waals surface area (Å²) in [5.74, 6) is -10.7. The molecular formula is C27H42N6O12. The molecule has 0 saturated carbocycles. The van der Waals surface area contributed by atoms with E-state index in [0.717, 1.165) is 0 Å². The molecule has 45 heavy (non-hydrogen) atoms. The van der Waals surface area contributed by atoms with Crippen molar-refractivity contribution < 1.29 is 48.0 Å². The van der Waals surface area contributed by atoms with Crippen molar-refractivity contribution in [3.63, 3.8) is 0 Å². The van der Waals surface area contributed by atoms with Crippen LogP contribution in [0, 0.1) is 20.2 Å². The van der Waals surface area contributed by atoms with Gasteiger partial charge in [-0.25, -0.2) is 24.2 Å². The van der Waals surface area contributed by atoms with Gasteiger partial charge in [-0.2, -0.15) is 9.97 Å². The van der Waals surface area contributed by atoms with Crippen LogP contribution in [-0.2, 0) is 49.2 Å². The minimum Gasteiger partial charge on any atom is -0.454 e. The molecule has 0 aliphatic rings. The van der Waals surface area contributed by atoms with Crippen molar-refractivity contribution in [2.24, 2.45) is 0 Å². The molecule has 0 spiro atoms. The van der Waals surface area contributed by atoms with Crippen molar-refractivity contribution in [3.05, 3.63) is 31.9 Å². The van der Waals surface area contributed by atoms with Crippen LogP contribution in [0.15, 0.2) is 0 Å². The summed E-state index contributed by atoms with van der Waals surface area (Å²) in [5.41, 5.74) is -13.1. The first kappa shape index (κ1) is 38.5. The Labute approximate surface area is 260 Å². The molecule has 1 rings (SSSR count). The Morgan fingerprint density at radius 2 is 0.822 bits per heavy atom. The molecule has 0 aliphatic carbocycles. The number of esters is 4. The van der Waals surface area contributed by atoms with E-state index in [9.17, 15) is 39.4 Å². The predicted octanol–water partition coefficient (Wildman–Crippen LogP) is 2.61. The molecule has 0 radical (unpaired) electrons. The first-order valence-corrected chi connectivity index (χ1v) is 13.8. The molecule has 1 heterocycles. The summed E-state index contributed by atoms with van der Waals surface area (Å²) in [6, 6.07) is 0. The van der Waals surface area contributed by atoms with Crippen molar-refractivity contribution >= 4 is 29.8 Å². The Morgan fingerprint density at radius 1 is 0.578 bits per heavy atom. The van der Waals surface area contributed by atoms with Gasteiger partial charge >= 0.3 is 35.0 Å². The van der Waals surface area contributed by atoms with Crippen LogP contribution in [0.2, 0.25) is 0 Å². The fraction of sp³-hybridized carbons (Fsp3) is 0.741. The van der Waals surface area contributed by atoms with Gasteiger partial charge in [0.15, 0.2) is 0 Å². The molecule has 0 aromatic carbocycles. The third-order valence-electron chi connectivity index (χ3n) is 4.94. The van der Waals surface area contributed by atoms with Crippen LogP contribution >= 0.6 is 0 Å². The van der Waals surface area contributed by atoms with E-state index in [1.807, 2.05) is 0 Å². The van der Waals surface area contributed by atoms with Crippen LogP contribution < -0.4 is 5.32 Å². The van der Waals surface area contributed by atoms with E-state index in [1.54, 1.807) is 0 Å². The van der Waals surface area contributed by atoms with Crippen molar-refractivity contribution in [1.29, 1.82) is 0 Å². The minimum absolute atomic E-state index is 0.0163. The lowest BCUT2D eigenvalue weighted by Gasteiger charge is -2.30. The number of carbonyl (C=O) groups excluding carboxylic acids is 4. The third kappa shape index (κ3) is 9.01. The number of carbonyl (C=O) groups is 4. The Hall–Kier alpha value is -4.51. The van der Waals surface area contributed by atoms with E-state index < -0.39 is 84.8 Å². The Kier molecular flexibility index (Phi) is 11.0. The standard InChI is InChI=1S/C27H42N6O12/c1-14-28-21-30-15(26(32(38)39,17(34)42-22(2,3)4)18(35)43-23(5,6)7)29-16(31-21)27(33(40)41,19(36)44-24(8,9)10)20(37)45-25(11,12)13/h14H2,1-13H3,(H,28,29,30,31). The van der Waals surface area contributed by atoms with Gasteiger partial charge in [0, 0.05) is 6.54 Å². The maximum Gasteiger partial charge on any atom is 0.468 e. The maximum atomic E-state index is 13.7. The smallest absolute Gasteiger partial charge is 0.454 e. The lowest BCUT2D eigenvalue weighted by molar-refractivity contribution is -0.555. The van der Waals surface area contributed by atoms with E-state index in [4.69, 9.17) is 18.9 Å². The maximum absolute atomic E-state index is 13.7. The molecule has 0 unspecified atom stereocenters. The lowest BCUT2D eigenvalue weighted by atomic mass is 9.95. The molecule has 1 aromatic heterocycles. The minimum atomic E-state index is -3.73. The topological polar surface area (TPSA) is 242 Å². The summed E-state index contributed by atoms with van der Waals surface area (Å²) < 4.78 is 20.9. The number of ether oxygens (including phenoxy) is 4.